The van der Waals surface area contributed by atoms with E-state index in [1.54, 1.807) is 0 Å². The number of alkyl halides is 3. The summed E-state index contributed by atoms with van der Waals surface area (Å²) in [6, 6.07) is 2.32. The third kappa shape index (κ3) is 4.10. The Bertz CT molecular complexity index is 511. The van der Waals surface area contributed by atoms with Crippen LogP contribution in [0.1, 0.15) is 28.8 Å². The van der Waals surface area contributed by atoms with Crippen LogP contribution in [0.4, 0.5) is 13.2 Å². The van der Waals surface area contributed by atoms with Crippen LogP contribution in [0.25, 0.3) is 0 Å². The second-order valence-corrected chi connectivity index (χ2v) is 5.00. The number of carbonyl (C=O) groups excluding carboxylic acids is 1. The second kappa shape index (κ2) is 6.34. The molecule has 2 rings (SSSR count). The molecule has 1 amide bonds. The first-order valence-electron chi connectivity index (χ1n) is 6.64. The molecular formula is C14H16F3NO3. The molecule has 0 saturated carbocycles. The van der Waals surface area contributed by atoms with E-state index in [9.17, 15) is 23.1 Å². The number of hydrogen-bond acceptors (Lipinski definition) is 3. The summed E-state index contributed by atoms with van der Waals surface area (Å²) in [5, 5.41) is 12.2. The molecule has 1 saturated heterocycles. The van der Waals surface area contributed by atoms with Crippen LogP contribution in [0.5, 0.6) is 5.75 Å². The van der Waals surface area contributed by atoms with E-state index in [1.165, 1.54) is 0 Å². The lowest BCUT2D eigenvalue weighted by Gasteiger charge is -2.22. The molecular weight excluding hydrogens is 287 g/mol. The predicted molar refractivity (Wildman–Crippen MR) is 69.0 cm³/mol. The standard InChI is InChI=1S/C14H16F3NO3/c15-14(16,17)10-1-2-11(12(19)7-10)13(20)18-8-9-3-5-21-6-4-9/h1-2,7,9,19H,3-6,8H2,(H,18,20). The summed E-state index contributed by atoms with van der Waals surface area (Å²) in [4.78, 5) is 11.9. The Morgan fingerprint density at radius 2 is 2.00 bits per heavy atom. The van der Waals surface area contributed by atoms with Crippen molar-refractivity contribution in [3.05, 3.63) is 29.3 Å². The first-order valence-corrected chi connectivity index (χ1v) is 6.64. The third-order valence-electron chi connectivity index (χ3n) is 3.46. The van der Waals surface area contributed by atoms with E-state index in [-0.39, 0.29) is 5.56 Å². The number of phenolic OH excluding ortho intramolecular Hbond substituents is 1. The summed E-state index contributed by atoms with van der Waals surface area (Å²) in [5.41, 5.74) is -1.14. The Hall–Kier alpha value is -1.76. The molecule has 0 aliphatic carbocycles. The van der Waals surface area contributed by atoms with Crippen molar-refractivity contribution in [1.29, 1.82) is 0 Å². The molecule has 0 aromatic heterocycles. The number of nitrogens with one attached hydrogen (secondary N) is 1. The summed E-state index contributed by atoms with van der Waals surface area (Å²) in [6.45, 7) is 1.71. The quantitative estimate of drug-likeness (QED) is 0.902. The molecule has 0 atom stereocenters. The highest BCUT2D eigenvalue weighted by molar-refractivity contribution is 5.96. The Morgan fingerprint density at radius 3 is 2.57 bits per heavy atom. The molecule has 0 bridgehead atoms. The van der Waals surface area contributed by atoms with Crippen LogP contribution < -0.4 is 5.32 Å². The number of hydrogen-bond donors (Lipinski definition) is 2. The van der Waals surface area contributed by atoms with Crippen molar-refractivity contribution in [1.82, 2.24) is 5.32 Å². The lowest BCUT2D eigenvalue weighted by Crippen LogP contribution is -2.32. The van der Waals surface area contributed by atoms with Gasteiger partial charge < -0.3 is 15.2 Å². The second-order valence-electron chi connectivity index (χ2n) is 5.00. The van der Waals surface area contributed by atoms with Gasteiger partial charge in [-0.3, -0.25) is 4.79 Å². The van der Waals surface area contributed by atoms with Crippen LogP contribution in [-0.2, 0) is 10.9 Å². The molecule has 7 heteroatoms. The summed E-state index contributed by atoms with van der Waals surface area (Å²) < 4.78 is 42.6. The van der Waals surface area contributed by atoms with E-state index in [2.05, 4.69) is 5.32 Å². The van der Waals surface area contributed by atoms with Gasteiger partial charge in [-0.05, 0) is 37.0 Å². The average Bonchev–Trinajstić information content (AvgIpc) is 2.45. The fraction of sp³-hybridized carbons (Fsp3) is 0.500. The Kier molecular flexibility index (Phi) is 4.72. The summed E-state index contributed by atoms with van der Waals surface area (Å²) >= 11 is 0. The number of amides is 1. The van der Waals surface area contributed by atoms with Gasteiger partial charge in [0.15, 0.2) is 0 Å². The number of aromatic hydroxyl groups is 1. The predicted octanol–water partition coefficient (Wildman–Crippen LogP) is 2.57. The highest BCUT2D eigenvalue weighted by atomic mass is 19.4. The lowest BCUT2D eigenvalue weighted by molar-refractivity contribution is -0.137. The van der Waals surface area contributed by atoms with E-state index in [0.717, 1.165) is 25.0 Å². The largest absolute Gasteiger partial charge is 0.507 e. The minimum Gasteiger partial charge on any atom is -0.507 e. The van der Waals surface area contributed by atoms with Crippen LogP contribution in [0.15, 0.2) is 18.2 Å². The van der Waals surface area contributed by atoms with Gasteiger partial charge in [0, 0.05) is 19.8 Å². The van der Waals surface area contributed by atoms with Gasteiger partial charge in [0.05, 0.1) is 11.1 Å². The Labute approximate surface area is 119 Å². The molecule has 0 unspecified atom stereocenters. The first kappa shape index (κ1) is 15.6. The van der Waals surface area contributed by atoms with Gasteiger partial charge in [-0.1, -0.05) is 0 Å². The van der Waals surface area contributed by atoms with Gasteiger partial charge in [0.25, 0.3) is 5.91 Å². The number of halogens is 3. The topological polar surface area (TPSA) is 58.6 Å². The van der Waals surface area contributed by atoms with Crippen molar-refractivity contribution in [2.75, 3.05) is 19.8 Å². The van der Waals surface area contributed by atoms with Crippen molar-refractivity contribution in [3.8, 4) is 5.75 Å². The fourth-order valence-corrected chi connectivity index (χ4v) is 2.18. The van der Waals surface area contributed by atoms with Crippen LogP contribution in [-0.4, -0.2) is 30.8 Å². The monoisotopic (exact) mass is 303 g/mol. The number of phenols is 1. The molecule has 0 spiro atoms. The van der Waals surface area contributed by atoms with Gasteiger partial charge >= 0.3 is 6.18 Å². The average molecular weight is 303 g/mol. The van der Waals surface area contributed by atoms with Crippen molar-refractivity contribution in [3.63, 3.8) is 0 Å². The van der Waals surface area contributed by atoms with Crippen molar-refractivity contribution in [2.45, 2.75) is 19.0 Å². The summed E-state index contributed by atoms with van der Waals surface area (Å²) in [5.74, 6) is -0.957. The number of ether oxygens (including phenoxy) is 1. The van der Waals surface area contributed by atoms with E-state index >= 15 is 0 Å². The molecule has 2 N–H and O–H groups in total. The van der Waals surface area contributed by atoms with Crippen LogP contribution in [0, 0.1) is 5.92 Å². The number of benzene rings is 1. The zero-order valence-electron chi connectivity index (χ0n) is 11.2. The van der Waals surface area contributed by atoms with Gasteiger partial charge in [-0.15, -0.1) is 0 Å². The van der Waals surface area contributed by atoms with Crippen molar-refractivity contribution in [2.24, 2.45) is 5.92 Å². The highest BCUT2D eigenvalue weighted by Crippen LogP contribution is 2.32. The number of carbonyl (C=O) groups is 1. The van der Waals surface area contributed by atoms with Gasteiger partial charge in [0.1, 0.15) is 5.75 Å². The van der Waals surface area contributed by atoms with E-state index in [1.807, 2.05) is 0 Å². The molecule has 1 fully saturated rings. The van der Waals surface area contributed by atoms with E-state index in [4.69, 9.17) is 4.74 Å². The molecule has 116 valence electrons. The maximum Gasteiger partial charge on any atom is 0.416 e. The third-order valence-corrected chi connectivity index (χ3v) is 3.46. The Morgan fingerprint density at radius 1 is 1.33 bits per heavy atom. The fourth-order valence-electron chi connectivity index (χ4n) is 2.18. The molecule has 1 aromatic rings. The zero-order valence-corrected chi connectivity index (χ0v) is 11.2. The highest BCUT2D eigenvalue weighted by Gasteiger charge is 2.31. The maximum absolute atomic E-state index is 12.5. The smallest absolute Gasteiger partial charge is 0.416 e. The molecule has 4 nitrogen and oxygen atoms in total. The molecule has 21 heavy (non-hydrogen) atoms. The van der Waals surface area contributed by atoms with Crippen molar-refractivity contribution >= 4 is 5.91 Å². The summed E-state index contributed by atoms with van der Waals surface area (Å²) in [6.07, 6.45) is -2.88. The van der Waals surface area contributed by atoms with Crippen LogP contribution in [0.3, 0.4) is 0 Å². The minimum atomic E-state index is -4.55. The maximum atomic E-state index is 12.5. The van der Waals surface area contributed by atoms with E-state index in [0.29, 0.717) is 31.7 Å². The first-order chi connectivity index (χ1) is 9.88. The molecule has 1 aromatic carbocycles. The molecule has 1 aliphatic rings. The molecule has 1 aliphatic heterocycles. The van der Waals surface area contributed by atoms with E-state index < -0.39 is 23.4 Å². The molecule has 0 radical (unpaired) electrons. The van der Waals surface area contributed by atoms with Gasteiger partial charge in [0.2, 0.25) is 0 Å². The summed E-state index contributed by atoms with van der Waals surface area (Å²) in [7, 11) is 0. The van der Waals surface area contributed by atoms with Crippen LogP contribution >= 0.6 is 0 Å². The number of rotatable bonds is 3. The van der Waals surface area contributed by atoms with Crippen molar-refractivity contribution < 1.29 is 27.8 Å². The van der Waals surface area contributed by atoms with Crippen LogP contribution in [0.2, 0.25) is 0 Å². The van der Waals surface area contributed by atoms with Gasteiger partial charge in [-0.25, -0.2) is 0 Å². The zero-order chi connectivity index (χ0) is 15.5. The lowest BCUT2D eigenvalue weighted by atomic mass is 10.0. The molecule has 1 heterocycles. The normalized spacial score (nSPS) is 16.7. The minimum absolute atomic E-state index is 0.157. The Balaban J connectivity index is 1.99. The SMILES string of the molecule is O=C(NCC1CCOCC1)c1ccc(C(F)(F)F)cc1O. The van der Waals surface area contributed by atoms with Gasteiger partial charge in [-0.2, -0.15) is 13.2 Å².